The molecule has 4 rings (SSSR count). The fourth-order valence-corrected chi connectivity index (χ4v) is 3.23. The second-order valence-electron chi connectivity index (χ2n) is 5.61. The molecule has 1 atom stereocenters. The van der Waals surface area contributed by atoms with E-state index < -0.39 is 0 Å². The Morgan fingerprint density at radius 3 is 2.95 bits per heavy atom. The first kappa shape index (κ1) is 12.7. The van der Waals surface area contributed by atoms with Crippen molar-refractivity contribution in [3.05, 3.63) is 42.7 Å². The number of ether oxygens (including phenoxy) is 1. The van der Waals surface area contributed by atoms with Crippen molar-refractivity contribution in [3.63, 3.8) is 0 Å². The molecule has 0 amide bonds. The number of anilines is 1. The van der Waals surface area contributed by atoms with E-state index in [1.807, 2.05) is 24.5 Å². The molecular weight excluding hydrogens is 262 g/mol. The van der Waals surface area contributed by atoms with E-state index in [9.17, 15) is 0 Å². The third kappa shape index (κ3) is 2.36. The quantitative estimate of drug-likeness (QED) is 0.870. The van der Waals surface area contributed by atoms with E-state index in [0.717, 1.165) is 38.4 Å². The van der Waals surface area contributed by atoms with Crippen LogP contribution in [0.3, 0.4) is 0 Å². The summed E-state index contributed by atoms with van der Waals surface area (Å²) in [4.78, 5) is 6.58. The van der Waals surface area contributed by atoms with Crippen LogP contribution in [0.15, 0.2) is 42.7 Å². The van der Waals surface area contributed by atoms with Crippen LogP contribution in [0.25, 0.3) is 11.1 Å². The lowest BCUT2D eigenvalue weighted by Gasteiger charge is -2.36. The van der Waals surface area contributed by atoms with E-state index >= 15 is 0 Å². The fraction of sp³-hybridized carbons (Fsp3) is 0.353. The molecule has 0 saturated carbocycles. The molecule has 21 heavy (non-hydrogen) atoms. The summed E-state index contributed by atoms with van der Waals surface area (Å²) in [5, 5.41) is 3.48. The summed E-state index contributed by atoms with van der Waals surface area (Å²) in [6.45, 7) is 3.93. The van der Waals surface area contributed by atoms with Crippen LogP contribution in [0.4, 0.5) is 5.69 Å². The minimum atomic E-state index is 0.548. The molecule has 2 aliphatic rings. The number of pyridine rings is 1. The summed E-state index contributed by atoms with van der Waals surface area (Å²) in [5.41, 5.74) is 3.60. The smallest absolute Gasteiger partial charge is 0.143 e. The summed E-state index contributed by atoms with van der Waals surface area (Å²) >= 11 is 0. The Morgan fingerprint density at radius 1 is 1.14 bits per heavy atom. The van der Waals surface area contributed by atoms with Crippen LogP contribution in [-0.4, -0.2) is 37.3 Å². The average molecular weight is 281 g/mol. The number of hydrogen-bond acceptors (Lipinski definition) is 4. The highest BCUT2D eigenvalue weighted by atomic mass is 16.5. The molecule has 2 aromatic rings. The van der Waals surface area contributed by atoms with Gasteiger partial charge in [0.15, 0.2) is 0 Å². The maximum Gasteiger partial charge on any atom is 0.143 e. The summed E-state index contributed by atoms with van der Waals surface area (Å²) in [6, 6.07) is 11.2. The van der Waals surface area contributed by atoms with Gasteiger partial charge in [0.05, 0.1) is 12.3 Å². The minimum absolute atomic E-state index is 0.548. The van der Waals surface area contributed by atoms with Crippen molar-refractivity contribution < 1.29 is 4.74 Å². The van der Waals surface area contributed by atoms with Crippen LogP contribution in [0.2, 0.25) is 0 Å². The van der Waals surface area contributed by atoms with Crippen molar-refractivity contribution in [1.29, 1.82) is 0 Å². The van der Waals surface area contributed by atoms with Crippen LogP contribution in [0.5, 0.6) is 5.75 Å². The van der Waals surface area contributed by atoms with Gasteiger partial charge in [-0.2, -0.15) is 0 Å². The van der Waals surface area contributed by atoms with E-state index in [1.54, 1.807) is 0 Å². The Bertz CT molecular complexity index is 629. The van der Waals surface area contributed by atoms with Gasteiger partial charge in [0, 0.05) is 44.5 Å². The van der Waals surface area contributed by atoms with Gasteiger partial charge in [0.25, 0.3) is 0 Å². The van der Waals surface area contributed by atoms with Gasteiger partial charge < -0.3 is 15.0 Å². The van der Waals surface area contributed by atoms with Gasteiger partial charge in [-0.15, -0.1) is 0 Å². The van der Waals surface area contributed by atoms with Gasteiger partial charge in [-0.25, -0.2) is 0 Å². The molecule has 0 unspecified atom stereocenters. The zero-order chi connectivity index (χ0) is 14.1. The van der Waals surface area contributed by atoms with Crippen molar-refractivity contribution in [2.75, 3.05) is 31.1 Å². The third-order valence-corrected chi connectivity index (χ3v) is 4.34. The molecule has 4 heteroatoms. The van der Waals surface area contributed by atoms with Gasteiger partial charge in [-0.05, 0) is 35.4 Å². The minimum Gasteiger partial charge on any atom is -0.491 e. The van der Waals surface area contributed by atoms with Crippen molar-refractivity contribution >= 4 is 5.69 Å². The van der Waals surface area contributed by atoms with Crippen molar-refractivity contribution in [2.45, 2.75) is 12.5 Å². The SMILES string of the molecule is c1cc(-c2ccc3c(c2)OCC[C@H]2CNCCN32)ccn1. The van der Waals surface area contributed by atoms with Gasteiger partial charge in [-0.3, -0.25) is 4.98 Å². The highest BCUT2D eigenvalue weighted by Gasteiger charge is 2.27. The molecule has 3 heterocycles. The Hall–Kier alpha value is -2.07. The maximum atomic E-state index is 6.02. The molecule has 0 aliphatic carbocycles. The lowest BCUT2D eigenvalue weighted by Crippen LogP contribution is -2.51. The Morgan fingerprint density at radius 2 is 2.05 bits per heavy atom. The number of benzene rings is 1. The second-order valence-corrected chi connectivity index (χ2v) is 5.61. The highest BCUT2D eigenvalue weighted by molar-refractivity contribution is 5.71. The molecule has 0 bridgehead atoms. The number of piperazine rings is 1. The predicted molar refractivity (Wildman–Crippen MR) is 83.8 cm³/mol. The molecule has 0 spiro atoms. The lowest BCUT2D eigenvalue weighted by atomic mass is 10.0. The van der Waals surface area contributed by atoms with Crippen LogP contribution < -0.4 is 15.0 Å². The molecule has 1 aromatic carbocycles. The molecule has 1 aromatic heterocycles. The molecular formula is C17H19N3O. The number of hydrogen-bond donors (Lipinski definition) is 1. The molecule has 1 saturated heterocycles. The van der Waals surface area contributed by atoms with E-state index in [4.69, 9.17) is 4.74 Å². The Kier molecular flexibility index (Phi) is 3.24. The predicted octanol–water partition coefficient (Wildman–Crippen LogP) is 2.31. The summed E-state index contributed by atoms with van der Waals surface area (Å²) in [7, 11) is 0. The lowest BCUT2D eigenvalue weighted by molar-refractivity contribution is 0.304. The van der Waals surface area contributed by atoms with Gasteiger partial charge >= 0.3 is 0 Å². The largest absolute Gasteiger partial charge is 0.491 e. The van der Waals surface area contributed by atoms with Crippen molar-refractivity contribution in [2.24, 2.45) is 0 Å². The fourth-order valence-electron chi connectivity index (χ4n) is 3.23. The molecule has 0 radical (unpaired) electrons. The van der Waals surface area contributed by atoms with Crippen molar-refractivity contribution in [1.82, 2.24) is 10.3 Å². The normalized spacial score (nSPS) is 21.0. The molecule has 1 N–H and O–H groups in total. The molecule has 4 nitrogen and oxygen atoms in total. The average Bonchev–Trinajstić information content (AvgIpc) is 2.74. The standard InChI is InChI=1S/C17H19N3O/c1-2-16-17(11-14(1)13-3-6-18-7-4-13)21-10-5-15-12-19-8-9-20(15)16/h1-4,6-7,11,15,19H,5,8-10,12H2/t15-/m0/s1. The van der Waals surface area contributed by atoms with E-state index in [0.29, 0.717) is 6.04 Å². The van der Waals surface area contributed by atoms with Gasteiger partial charge in [0.1, 0.15) is 5.75 Å². The van der Waals surface area contributed by atoms with Crippen LogP contribution >= 0.6 is 0 Å². The van der Waals surface area contributed by atoms with Crippen molar-refractivity contribution in [3.8, 4) is 16.9 Å². The molecule has 2 aliphatic heterocycles. The first-order valence-corrected chi connectivity index (χ1v) is 7.56. The summed E-state index contributed by atoms with van der Waals surface area (Å²) in [5.74, 6) is 1.01. The zero-order valence-electron chi connectivity index (χ0n) is 12.0. The van der Waals surface area contributed by atoms with E-state index in [1.165, 1.54) is 16.8 Å². The highest BCUT2D eigenvalue weighted by Crippen LogP contribution is 2.37. The van der Waals surface area contributed by atoms with Crippen LogP contribution in [0, 0.1) is 0 Å². The van der Waals surface area contributed by atoms with Crippen LogP contribution in [0.1, 0.15) is 6.42 Å². The van der Waals surface area contributed by atoms with E-state index in [2.05, 4.69) is 33.4 Å². The van der Waals surface area contributed by atoms with E-state index in [-0.39, 0.29) is 0 Å². The molecule has 108 valence electrons. The number of nitrogens with one attached hydrogen (secondary N) is 1. The molecule has 1 fully saturated rings. The summed E-state index contributed by atoms with van der Waals surface area (Å²) in [6.07, 6.45) is 4.73. The third-order valence-electron chi connectivity index (χ3n) is 4.34. The first-order valence-electron chi connectivity index (χ1n) is 7.56. The monoisotopic (exact) mass is 281 g/mol. The Labute approximate surface area is 124 Å². The maximum absolute atomic E-state index is 6.02. The van der Waals surface area contributed by atoms with Gasteiger partial charge in [-0.1, -0.05) is 6.07 Å². The number of fused-ring (bicyclic) bond motifs is 3. The van der Waals surface area contributed by atoms with Crippen LogP contribution in [-0.2, 0) is 0 Å². The Balaban J connectivity index is 1.73. The second kappa shape index (κ2) is 5.37. The number of rotatable bonds is 1. The number of aromatic nitrogens is 1. The topological polar surface area (TPSA) is 37.4 Å². The van der Waals surface area contributed by atoms with Gasteiger partial charge in [0.2, 0.25) is 0 Å². The summed E-state index contributed by atoms with van der Waals surface area (Å²) < 4.78 is 6.02. The first-order chi connectivity index (χ1) is 10.4. The zero-order valence-corrected chi connectivity index (χ0v) is 12.0. The number of nitrogens with zero attached hydrogens (tertiary/aromatic N) is 2.